The predicted molar refractivity (Wildman–Crippen MR) is 125 cm³/mol. The number of benzene rings is 3. The summed E-state index contributed by atoms with van der Waals surface area (Å²) in [5.41, 5.74) is 2.55. The van der Waals surface area contributed by atoms with Gasteiger partial charge in [-0.05, 0) is 29.8 Å². The standard InChI is InChI=1S/C24H26N2O5S/c1-29-19-9-11-21-22(15-19)25(17-18-7-5-4-6-8-18)13-14-26(21)32(27,28)24-12-10-20(30-2)16-23(24)31-3/h4-12,15-16H,13-14,17H2,1-3H3. The van der Waals surface area contributed by atoms with Gasteiger partial charge in [0.25, 0.3) is 10.0 Å². The van der Waals surface area contributed by atoms with E-state index in [1.54, 1.807) is 31.4 Å². The van der Waals surface area contributed by atoms with E-state index in [2.05, 4.69) is 17.0 Å². The minimum absolute atomic E-state index is 0.0964. The van der Waals surface area contributed by atoms with E-state index in [9.17, 15) is 8.42 Å². The van der Waals surface area contributed by atoms with E-state index in [-0.39, 0.29) is 10.6 Å². The van der Waals surface area contributed by atoms with Gasteiger partial charge in [-0.3, -0.25) is 4.31 Å². The molecule has 0 fully saturated rings. The largest absolute Gasteiger partial charge is 0.497 e. The molecule has 0 spiro atoms. The summed E-state index contributed by atoms with van der Waals surface area (Å²) in [5.74, 6) is 1.44. The van der Waals surface area contributed by atoms with Crippen molar-refractivity contribution in [2.75, 3.05) is 43.6 Å². The van der Waals surface area contributed by atoms with Crippen molar-refractivity contribution < 1.29 is 22.6 Å². The van der Waals surface area contributed by atoms with E-state index in [0.717, 1.165) is 11.3 Å². The van der Waals surface area contributed by atoms with E-state index >= 15 is 0 Å². The number of hydrogen-bond acceptors (Lipinski definition) is 6. The van der Waals surface area contributed by atoms with Crippen molar-refractivity contribution in [3.8, 4) is 17.2 Å². The second-order valence-corrected chi connectivity index (χ2v) is 9.19. The number of rotatable bonds is 7. The Bertz CT molecular complexity index is 1200. The van der Waals surface area contributed by atoms with Gasteiger partial charge in [0.15, 0.2) is 0 Å². The van der Waals surface area contributed by atoms with Gasteiger partial charge in [-0.1, -0.05) is 30.3 Å². The number of sulfonamides is 1. The van der Waals surface area contributed by atoms with E-state index in [0.29, 0.717) is 36.8 Å². The molecular formula is C24H26N2O5S. The van der Waals surface area contributed by atoms with Crippen LogP contribution < -0.4 is 23.4 Å². The van der Waals surface area contributed by atoms with Crippen LogP contribution in [0, 0.1) is 0 Å². The molecule has 1 aliphatic rings. The topological polar surface area (TPSA) is 68.3 Å². The molecule has 0 aliphatic carbocycles. The van der Waals surface area contributed by atoms with Gasteiger partial charge in [0, 0.05) is 25.2 Å². The van der Waals surface area contributed by atoms with Crippen LogP contribution in [0.1, 0.15) is 5.56 Å². The van der Waals surface area contributed by atoms with E-state index in [4.69, 9.17) is 14.2 Å². The molecule has 0 N–H and O–H groups in total. The molecule has 0 aromatic heterocycles. The van der Waals surface area contributed by atoms with Crippen molar-refractivity contribution in [1.29, 1.82) is 0 Å². The normalized spacial score (nSPS) is 13.5. The fraction of sp³-hybridized carbons (Fsp3) is 0.250. The molecule has 32 heavy (non-hydrogen) atoms. The number of methoxy groups -OCH3 is 3. The lowest BCUT2D eigenvalue weighted by atomic mass is 10.1. The molecule has 7 nitrogen and oxygen atoms in total. The van der Waals surface area contributed by atoms with E-state index < -0.39 is 10.0 Å². The average molecular weight is 455 g/mol. The lowest BCUT2D eigenvalue weighted by Crippen LogP contribution is -2.43. The van der Waals surface area contributed by atoms with Crippen LogP contribution >= 0.6 is 0 Å². The predicted octanol–water partition coefficient (Wildman–Crippen LogP) is 3.93. The highest BCUT2D eigenvalue weighted by atomic mass is 32.2. The first-order chi connectivity index (χ1) is 15.5. The quantitative estimate of drug-likeness (QED) is 0.539. The molecule has 0 saturated carbocycles. The zero-order chi connectivity index (χ0) is 22.7. The number of ether oxygens (including phenoxy) is 3. The molecule has 0 bridgehead atoms. The summed E-state index contributed by atoms with van der Waals surface area (Å²) < 4.78 is 44.9. The molecule has 0 amide bonds. The van der Waals surface area contributed by atoms with Gasteiger partial charge in [-0.15, -0.1) is 0 Å². The number of anilines is 2. The van der Waals surface area contributed by atoms with E-state index in [1.807, 2.05) is 24.3 Å². The van der Waals surface area contributed by atoms with Gasteiger partial charge in [-0.2, -0.15) is 0 Å². The maximum absolute atomic E-state index is 13.7. The lowest BCUT2D eigenvalue weighted by Gasteiger charge is -2.38. The fourth-order valence-electron chi connectivity index (χ4n) is 3.87. The van der Waals surface area contributed by atoms with Crippen molar-refractivity contribution in [3.05, 3.63) is 72.3 Å². The lowest BCUT2D eigenvalue weighted by molar-refractivity contribution is 0.386. The van der Waals surface area contributed by atoms with Crippen molar-refractivity contribution in [1.82, 2.24) is 0 Å². The molecule has 3 aromatic rings. The summed E-state index contributed by atoms with van der Waals surface area (Å²) in [4.78, 5) is 2.27. The molecule has 0 atom stereocenters. The third-order valence-corrected chi connectivity index (χ3v) is 7.37. The highest BCUT2D eigenvalue weighted by molar-refractivity contribution is 7.93. The van der Waals surface area contributed by atoms with Crippen LogP contribution in [0.4, 0.5) is 11.4 Å². The molecule has 3 aromatic carbocycles. The molecule has 1 heterocycles. The van der Waals surface area contributed by atoms with Crippen molar-refractivity contribution >= 4 is 21.4 Å². The number of fused-ring (bicyclic) bond motifs is 1. The Morgan fingerprint density at radius 3 is 2.16 bits per heavy atom. The highest BCUT2D eigenvalue weighted by Gasteiger charge is 2.34. The van der Waals surface area contributed by atoms with Crippen LogP contribution in [0.3, 0.4) is 0 Å². The highest BCUT2D eigenvalue weighted by Crippen LogP contribution is 2.41. The summed E-state index contributed by atoms with van der Waals surface area (Å²) in [6, 6.07) is 20.3. The zero-order valence-electron chi connectivity index (χ0n) is 18.3. The van der Waals surface area contributed by atoms with Crippen LogP contribution in [0.25, 0.3) is 0 Å². The molecule has 168 valence electrons. The monoisotopic (exact) mass is 454 g/mol. The van der Waals surface area contributed by atoms with Gasteiger partial charge in [-0.25, -0.2) is 8.42 Å². The van der Waals surface area contributed by atoms with Gasteiger partial charge in [0.2, 0.25) is 0 Å². The van der Waals surface area contributed by atoms with Crippen LogP contribution in [-0.4, -0.2) is 42.8 Å². The Hall–Kier alpha value is -3.39. The maximum Gasteiger partial charge on any atom is 0.268 e. The number of nitrogens with zero attached hydrogens (tertiary/aromatic N) is 2. The Morgan fingerprint density at radius 1 is 0.781 bits per heavy atom. The van der Waals surface area contributed by atoms with E-state index in [1.165, 1.54) is 24.6 Å². The van der Waals surface area contributed by atoms with Crippen LogP contribution in [0.5, 0.6) is 17.2 Å². The van der Waals surface area contributed by atoms with Gasteiger partial charge < -0.3 is 19.1 Å². The first-order valence-corrected chi connectivity index (χ1v) is 11.6. The Labute approximate surface area is 188 Å². The third kappa shape index (κ3) is 4.05. The van der Waals surface area contributed by atoms with Gasteiger partial charge in [0.05, 0.1) is 39.2 Å². The average Bonchev–Trinajstić information content (AvgIpc) is 2.83. The van der Waals surface area contributed by atoms with Crippen molar-refractivity contribution in [2.24, 2.45) is 0 Å². The summed E-state index contributed by atoms with van der Waals surface area (Å²) in [5, 5.41) is 0. The molecule has 0 saturated heterocycles. The summed E-state index contributed by atoms with van der Waals surface area (Å²) in [7, 11) is 0.701. The van der Waals surface area contributed by atoms with Gasteiger partial charge >= 0.3 is 0 Å². The van der Waals surface area contributed by atoms with Crippen LogP contribution in [0.2, 0.25) is 0 Å². The minimum atomic E-state index is -3.87. The molecule has 4 rings (SSSR count). The molecular weight excluding hydrogens is 428 g/mol. The first-order valence-electron chi connectivity index (χ1n) is 10.2. The second kappa shape index (κ2) is 9.00. The van der Waals surface area contributed by atoms with Crippen LogP contribution in [0.15, 0.2) is 71.6 Å². The Morgan fingerprint density at radius 2 is 1.47 bits per heavy atom. The summed E-state index contributed by atoms with van der Waals surface area (Å²) in [6.07, 6.45) is 0. The molecule has 0 radical (unpaired) electrons. The number of hydrogen-bond donors (Lipinski definition) is 0. The minimum Gasteiger partial charge on any atom is -0.497 e. The molecule has 1 aliphatic heterocycles. The Balaban J connectivity index is 1.76. The Kier molecular flexibility index (Phi) is 6.14. The second-order valence-electron chi connectivity index (χ2n) is 7.36. The van der Waals surface area contributed by atoms with Gasteiger partial charge in [0.1, 0.15) is 22.1 Å². The zero-order valence-corrected chi connectivity index (χ0v) is 19.1. The molecule has 0 unspecified atom stereocenters. The van der Waals surface area contributed by atoms with Crippen molar-refractivity contribution in [2.45, 2.75) is 11.4 Å². The summed E-state index contributed by atoms with van der Waals surface area (Å²) in [6.45, 7) is 1.51. The van der Waals surface area contributed by atoms with Crippen LogP contribution in [-0.2, 0) is 16.6 Å². The maximum atomic E-state index is 13.7. The summed E-state index contributed by atoms with van der Waals surface area (Å²) >= 11 is 0. The van der Waals surface area contributed by atoms with Crippen molar-refractivity contribution in [3.63, 3.8) is 0 Å². The SMILES string of the molecule is COc1ccc(S(=O)(=O)N2CCN(Cc3ccccc3)c3cc(OC)ccc32)c(OC)c1. The first kappa shape index (κ1) is 21.8. The third-order valence-electron chi connectivity index (χ3n) is 5.52. The molecule has 8 heteroatoms. The smallest absolute Gasteiger partial charge is 0.268 e. The fourth-order valence-corrected chi connectivity index (χ4v) is 5.48.